The third-order valence-corrected chi connectivity index (χ3v) is 3.85. The molecule has 0 saturated carbocycles. The van der Waals surface area contributed by atoms with E-state index in [1.807, 2.05) is 0 Å². The fraction of sp³-hybridized carbons (Fsp3) is 0.125. The monoisotopic (exact) mass is 391 g/mol. The van der Waals surface area contributed by atoms with E-state index in [-0.39, 0.29) is 11.6 Å². The van der Waals surface area contributed by atoms with Gasteiger partial charge in [0, 0.05) is 17.7 Å². The lowest BCUT2D eigenvalue weighted by atomic mass is 10.1. The summed E-state index contributed by atoms with van der Waals surface area (Å²) in [7, 11) is 1.54. The van der Waals surface area contributed by atoms with Gasteiger partial charge in [-0.3, -0.25) is 14.9 Å². The third-order valence-electron chi connectivity index (χ3n) is 3.24. The lowest BCUT2D eigenvalue weighted by molar-refractivity contribution is -0.384. The molecule has 0 atom stereocenters. The van der Waals surface area contributed by atoms with Gasteiger partial charge in [-0.15, -0.1) is 0 Å². The van der Waals surface area contributed by atoms with Crippen molar-refractivity contribution in [2.45, 2.75) is 6.92 Å². The molecule has 0 aliphatic heterocycles. The second-order valence-electron chi connectivity index (χ2n) is 4.79. The molecule has 1 N–H and O–H groups in total. The van der Waals surface area contributed by atoms with Crippen molar-refractivity contribution in [3.63, 3.8) is 0 Å². The maximum atomic E-state index is 12.1. The molecule has 0 bridgehead atoms. The van der Waals surface area contributed by atoms with Crippen LogP contribution in [-0.4, -0.2) is 23.7 Å². The summed E-state index contributed by atoms with van der Waals surface area (Å²) in [5, 5.41) is 14.7. The Bertz CT molecular complexity index is 803. The second-order valence-corrected chi connectivity index (χ2v) is 5.65. The van der Waals surface area contributed by atoms with Crippen molar-refractivity contribution >= 4 is 33.2 Å². The largest absolute Gasteiger partial charge is 0.496 e. The number of nitro groups is 1. The summed E-state index contributed by atoms with van der Waals surface area (Å²) < 4.78 is 5.77. The molecule has 0 saturated heterocycles. The first-order valence-electron chi connectivity index (χ1n) is 6.85. The van der Waals surface area contributed by atoms with E-state index >= 15 is 0 Å². The van der Waals surface area contributed by atoms with E-state index in [2.05, 4.69) is 26.5 Å². The number of nitro benzene ring substituents is 1. The number of carbonyl (C=O) groups is 1. The van der Waals surface area contributed by atoms with Gasteiger partial charge in [0.05, 0.1) is 22.2 Å². The Morgan fingerprint density at radius 2 is 1.83 bits per heavy atom. The van der Waals surface area contributed by atoms with Crippen LogP contribution in [0.15, 0.2) is 52.0 Å². The number of methoxy groups -OCH3 is 1. The summed E-state index contributed by atoms with van der Waals surface area (Å²) >= 11 is 3.31. The minimum Gasteiger partial charge on any atom is -0.496 e. The number of ether oxygens (including phenoxy) is 1. The van der Waals surface area contributed by atoms with Gasteiger partial charge in [-0.2, -0.15) is 5.10 Å². The molecule has 0 spiro atoms. The van der Waals surface area contributed by atoms with Gasteiger partial charge >= 0.3 is 0 Å². The normalized spacial score (nSPS) is 11.0. The molecular weight excluding hydrogens is 378 g/mol. The molecule has 7 nitrogen and oxygen atoms in total. The average Bonchev–Trinajstić information content (AvgIpc) is 2.59. The molecule has 0 aliphatic carbocycles. The molecule has 0 unspecified atom stereocenters. The Morgan fingerprint density at radius 1 is 1.21 bits per heavy atom. The van der Waals surface area contributed by atoms with Crippen molar-refractivity contribution in [1.82, 2.24) is 5.43 Å². The number of hydrogen-bond acceptors (Lipinski definition) is 5. The standard InChI is InChI=1S/C16H14BrN3O4/c1-10(11-3-6-13(7-4-11)20(22)23)18-19-16(21)12-5-8-15(24-2)14(17)9-12/h3-9H,1-2H3,(H,19,21)/b18-10-. The van der Waals surface area contributed by atoms with E-state index in [0.29, 0.717) is 27.1 Å². The fourth-order valence-electron chi connectivity index (χ4n) is 1.90. The van der Waals surface area contributed by atoms with Crippen molar-refractivity contribution in [2.75, 3.05) is 7.11 Å². The molecule has 24 heavy (non-hydrogen) atoms. The number of halogens is 1. The van der Waals surface area contributed by atoms with Crippen LogP contribution in [0.4, 0.5) is 5.69 Å². The smallest absolute Gasteiger partial charge is 0.271 e. The maximum Gasteiger partial charge on any atom is 0.271 e. The lowest BCUT2D eigenvalue weighted by Crippen LogP contribution is -2.19. The number of benzene rings is 2. The molecule has 2 aromatic carbocycles. The number of nitrogens with zero attached hydrogens (tertiary/aromatic N) is 2. The van der Waals surface area contributed by atoms with Crippen LogP contribution in [0, 0.1) is 10.1 Å². The maximum absolute atomic E-state index is 12.1. The highest BCUT2D eigenvalue weighted by atomic mass is 79.9. The van der Waals surface area contributed by atoms with Crippen LogP contribution in [-0.2, 0) is 0 Å². The van der Waals surface area contributed by atoms with Crippen LogP contribution in [0.25, 0.3) is 0 Å². The zero-order valence-corrected chi connectivity index (χ0v) is 14.5. The first-order valence-corrected chi connectivity index (χ1v) is 7.64. The number of amides is 1. The van der Waals surface area contributed by atoms with Crippen molar-refractivity contribution in [3.8, 4) is 5.75 Å². The van der Waals surface area contributed by atoms with Gasteiger partial charge in [-0.05, 0) is 58.7 Å². The molecule has 0 fully saturated rings. The van der Waals surface area contributed by atoms with Crippen LogP contribution in [0.3, 0.4) is 0 Å². The highest BCUT2D eigenvalue weighted by Gasteiger charge is 2.09. The highest BCUT2D eigenvalue weighted by Crippen LogP contribution is 2.25. The molecule has 0 aromatic heterocycles. The van der Waals surface area contributed by atoms with Crippen molar-refractivity contribution < 1.29 is 14.5 Å². The lowest BCUT2D eigenvalue weighted by Gasteiger charge is -2.06. The number of non-ortho nitro benzene ring substituents is 1. The number of hydrazone groups is 1. The predicted molar refractivity (Wildman–Crippen MR) is 93.5 cm³/mol. The van der Waals surface area contributed by atoms with Crippen LogP contribution < -0.4 is 10.2 Å². The quantitative estimate of drug-likeness (QED) is 0.479. The van der Waals surface area contributed by atoms with Gasteiger partial charge in [-0.1, -0.05) is 0 Å². The summed E-state index contributed by atoms with van der Waals surface area (Å²) in [5.74, 6) is 0.247. The Hall–Kier alpha value is -2.74. The first-order chi connectivity index (χ1) is 11.4. The van der Waals surface area contributed by atoms with Gasteiger partial charge in [0.15, 0.2) is 0 Å². The average molecular weight is 392 g/mol. The molecule has 0 heterocycles. The summed E-state index contributed by atoms with van der Waals surface area (Å²) in [6, 6.07) is 10.8. The van der Waals surface area contributed by atoms with Crippen LogP contribution >= 0.6 is 15.9 Å². The van der Waals surface area contributed by atoms with E-state index in [1.54, 1.807) is 37.3 Å². The van der Waals surface area contributed by atoms with Gasteiger partial charge < -0.3 is 4.74 Å². The summed E-state index contributed by atoms with van der Waals surface area (Å²) in [6.45, 7) is 1.70. The highest BCUT2D eigenvalue weighted by molar-refractivity contribution is 9.10. The Morgan fingerprint density at radius 3 is 2.38 bits per heavy atom. The molecule has 0 aliphatic rings. The summed E-state index contributed by atoms with van der Waals surface area (Å²) in [6.07, 6.45) is 0. The molecular formula is C16H14BrN3O4. The van der Waals surface area contributed by atoms with Crippen LogP contribution in [0.5, 0.6) is 5.75 Å². The number of nitrogens with one attached hydrogen (secondary N) is 1. The molecule has 0 radical (unpaired) electrons. The SMILES string of the molecule is COc1ccc(C(=O)N/N=C(/C)c2ccc([N+](=O)[O-])cc2)cc1Br. The molecule has 124 valence electrons. The molecule has 2 rings (SSSR count). The minimum absolute atomic E-state index is 0.00123. The van der Waals surface area contributed by atoms with Crippen molar-refractivity contribution in [3.05, 3.63) is 68.2 Å². The van der Waals surface area contributed by atoms with E-state index in [9.17, 15) is 14.9 Å². The number of hydrogen-bond donors (Lipinski definition) is 1. The number of carbonyl (C=O) groups excluding carboxylic acids is 1. The predicted octanol–water partition coefficient (Wildman–Crippen LogP) is 3.52. The van der Waals surface area contributed by atoms with E-state index in [1.165, 1.54) is 19.2 Å². The Labute approximate surface area is 146 Å². The van der Waals surface area contributed by atoms with Gasteiger partial charge in [0.25, 0.3) is 11.6 Å². The molecule has 2 aromatic rings. The van der Waals surface area contributed by atoms with Gasteiger partial charge in [0.2, 0.25) is 0 Å². The molecule has 8 heteroatoms. The van der Waals surface area contributed by atoms with E-state index in [0.717, 1.165) is 0 Å². The fourth-order valence-corrected chi connectivity index (χ4v) is 2.44. The van der Waals surface area contributed by atoms with E-state index in [4.69, 9.17) is 4.74 Å². The zero-order valence-electron chi connectivity index (χ0n) is 12.9. The van der Waals surface area contributed by atoms with Gasteiger partial charge in [0.1, 0.15) is 5.75 Å². The van der Waals surface area contributed by atoms with Crippen molar-refractivity contribution in [1.29, 1.82) is 0 Å². The first kappa shape index (κ1) is 17.6. The van der Waals surface area contributed by atoms with Gasteiger partial charge in [-0.25, -0.2) is 5.43 Å². The summed E-state index contributed by atoms with van der Waals surface area (Å²) in [4.78, 5) is 22.3. The molecule has 1 amide bonds. The third kappa shape index (κ3) is 4.17. The Kier molecular flexibility index (Phi) is 5.64. The Balaban J connectivity index is 2.10. The van der Waals surface area contributed by atoms with E-state index < -0.39 is 4.92 Å². The topological polar surface area (TPSA) is 93.8 Å². The van der Waals surface area contributed by atoms with Crippen LogP contribution in [0.1, 0.15) is 22.8 Å². The number of rotatable bonds is 5. The zero-order chi connectivity index (χ0) is 17.7. The van der Waals surface area contributed by atoms with Crippen LogP contribution in [0.2, 0.25) is 0 Å². The summed E-state index contributed by atoms with van der Waals surface area (Å²) in [5.41, 5.74) is 4.08. The minimum atomic E-state index is -0.473. The second kappa shape index (κ2) is 7.69. The van der Waals surface area contributed by atoms with Crippen molar-refractivity contribution in [2.24, 2.45) is 5.10 Å².